The molecule has 7 nitrogen and oxygen atoms in total. The topological polar surface area (TPSA) is 80.6 Å². The van der Waals surface area contributed by atoms with Gasteiger partial charge >= 0.3 is 0 Å². The molecule has 3 aromatic carbocycles. The van der Waals surface area contributed by atoms with Crippen LogP contribution in [0.25, 0.3) is 67.5 Å². The molecular weight excluding hydrogens is 675 g/mol. The molecule has 6 aromatic heterocycles. The molecule has 7 heteroatoms. The Hall–Kier alpha value is -7.64. The van der Waals surface area contributed by atoms with Gasteiger partial charge in [0.1, 0.15) is 0 Å². The van der Waals surface area contributed by atoms with Crippen LogP contribution in [0.15, 0.2) is 201 Å². The van der Waals surface area contributed by atoms with Gasteiger partial charge in [-0.25, -0.2) is 0 Å². The summed E-state index contributed by atoms with van der Waals surface area (Å²) in [5, 5.41) is 0. The van der Waals surface area contributed by atoms with Crippen molar-refractivity contribution in [1.82, 2.24) is 29.9 Å². The minimum atomic E-state index is 0.856. The summed E-state index contributed by atoms with van der Waals surface area (Å²) >= 11 is 0. The summed E-state index contributed by atoms with van der Waals surface area (Å²) in [6.45, 7) is 0. The van der Waals surface area contributed by atoms with Crippen molar-refractivity contribution in [3.8, 4) is 67.5 Å². The van der Waals surface area contributed by atoms with E-state index in [2.05, 4.69) is 59.5 Å². The van der Waals surface area contributed by atoms with Crippen molar-refractivity contribution in [2.45, 2.75) is 0 Å². The zero-order valence-corrected chi connectivity index (χ0v) is 29.7. The maximum absolute atomic E-state index is 4.77. The smallest absolute Gasteiger partial charge is 0.0702 e. The lowest BCUT2D eigenvalue weighted by molar-refractivity contribution is 1.25. The first-order valence-electron chi connectivity index (χ1n) is 18.0. The van der Waals surface area contributed by atoms with Crippen LogP contribution >= 0.6 is 0 Å². The van der Waals surface area contributed by atoms with Crippen LogP contribution in [0, 0.1) is 0 Å². The molecule has 0 amide bonds. The molecule has 6 heterocycles. The third-order valence-corrected chi connectivity index (χ3v) is 9.29. The van der Waals surface area contributed by atoms with Gasteiger partial charge < -0.3 is 4.90 Å². The lowest BCUT2D eigenvalue weighted by Gasteiger charge is -2.29. The Bertz CT molecular complexity index is 2200. The van der Waals surface area contributed by atoms with Gasteiger partial charge in [0.25, 0.3) is 0 Å². The van der Waals surface area contributed by atoms with Crippen LogP contribution in [0.1, 0.15) is 0 Å². The van der Waals surface area contributed by atoms with Crippen LogP contribution < -0.4 is 4.90 Å². The van der Waals surface area contributed by atoms with Crippen molar-refractivity contribution in [2.75, 3.05) is 4.90 Å². The van der Waals surface area contributed by atoms with Crippen molar-refractivity contribution in [3.63, 3.8) is 0 Å². The summed E-state index contributed by atoms with van der Waals surface area (Å²) < 4.78 is 0. The first-order valence-corrected chi connectivity index (χ1v) is 18.0. The van der Waals surface area contributed by atoms with Crippen LogP contribution in [0.2, 0.25) is 0 Å². The predicted octanol–water partition coefficient (Wildman–Crippen LogP) is 11.5. The predicted molar refractivity (Wildman–Crippen MR) is 221 cm³/mol. The van der Waals surface area contributed by atoms with Crippen LogP contribution in [0.5, 0.6) is 0 Å². The first kappa shape index (κ1) is 33.2. The number of pyridine rings is 6. The van der Waals surface area contributed by atoms with E-state index in [0.29, 0.717) is 0 Å². The second-order valence-corrected chi connectivity index (χ2v) is 12.9. The fourth-order valence-electron chi connectivity index (χ4n) is 6.76. The van der Waals surface area contributed by atoms with E-state index in [1.807, 2.05) is 146 Å². The van der Waals surface area contributed by atoms with Gasteiger partial charge in [-0.1, -0.05) is 36.4 Å². The van der Waals surface area contributed by atoms with Crippen LogP contribution in [0.3, 0.4) is 0 Å². The molecule has 0 N–H and O–H groups in total. The van der Waals surface area contributed by atoms with E-state index >= 15 is 0 Å². The molecule has 0 unspecified atom stereocenters. The van der Waals surface area contributed by atoms with Crippen molar-refractivity contribution >= 4 is 17.1 Å². The van der Waals surface area contributed by atoms with E-state index in [1.54, 1.807) is 0 Å². The lowest BCUT2D eigenvalue weighted by atomic mass is 9.98. The van der Waals surface area contributed by atoms with Gasteiger partial charge in [-0.15, -0.1) is 0 Å². The molecule has 0 atom stereocenters. The lowest BCUT2D eigenvalue weighted by Crippen LogP contribution is -2.12. The number of hydrogen-bond acceptors (Lipinski definition) is 7. The van der Waals surface area contributed by atoms with E-state index < -0.39 is 0 Å². The Kier molecular flexibility index (Phi) is 9.15. The van der Waals surface area contributed by atoms with Gasteiger partial charge in [-0.2, -0.15) is 0 Å². The quantitative estimate of drug-likeness (QED) is 0.148. The van der Waals surface area contributed by atoms with Crippen molar-refractivity contribution in [3.05, 3.63) is 201 Å². The second-order valence-electron chi connectivity index (χ2n) is 12.9. The second kappa shape index (κ2) is 15.1. The molecule has 260 valence electrons. The SMILES string of the molecule is c1ccc(-c2cc(-c3ccccn3)cc(N(c3cc(-c4ccccn4)cc(-c4ccccn4)c3)c3cc(-c4ccccn4)cc(-c4ccccn4)c3)c2)nc1. The summed E-state index contributed by atoms with van der Waals surface area (Å²) in [5.41, 5.74) is 13.6. The average Bonchev–Trinajstić information content (AvgIpc) is 3.28. The molecule has 0 radical (unpaired) electrons. The van der Waals surface area contributed by atoms with Gasteiger partial charge in [0.15, 0.2) is 0 Å². The number of aromatic nitrogens is 6. The van der Waals surface area contributed by atoms with E-state index in [4.69, 9.17) is 29.9 Å². The Labute approximate surface area is 319 Å². The highest BCUT2D eigenvalue weighted by atomic mass is 15.1. The fourth-order valence-corrected chi connectivity index (χ4v) is 6.76. The fraction of sp³-hybridized carbons (Fsp3) is 0. The molecule has 9 aromatic rings. The van der Waals surface area contributed by atoms with Gasteiger partial charge in [0.2, 0.25) is 0 Å². The molecule has 0 saturated heterocycles. The zero-order chi connectivity index (χ0) is 36.8. The van der Waals surface area contributed by atoms with Crippen molar-refractivity contribution < 1.29 is 0 Å². The van der Waals surface area contributed by atoms with E-state index in [9.17, 15) is 0 Å². The Morgan fingerprint density at radius 1 is 0.236 bits per heavy atom. The Balaban J connectivity index is 1.36. The maximum Gasteiger partial charge on any atom is 0.0702 e. The number of rotatable bonds is 9. The molecule has 0 aliphatic heterocycles. The maximum atomic E-state index is 4.77. The van der Waals surface area contributed by atoms with Crippen molar-refractivity contribution in [1.29, 1.82) is 0 Å². The summed E-state index contributed by atoms with van der Waals surface area (Å²) in [4.78, 5) is 30.9. The standard InChI is InChI=1S/C48H33N7/c1-7-19-49-43(13-1)34-25-35(44-14-2-8-20-50-44)29-40(28-34)55(41-30-36(45-15-3-9-21-51-45)26-37(31-41)46-16-4-10-22-52-46)42-32-38(47-17-5-11-23-53-47)27-39(33-42)48-18-6-12-24-54-48/h1-33H. The van der Waals surface area contributed by atoms with Crippen LogP contribution in [-0.4, -0.2) is 29.9 Å². The number of nitrogens with zero attached hydrogens (tertiary/aromatic N) is 7. The minimum absolute atomic E-state index is 0.856. The highest BCUT2D eigenvalue weighted by Gasteiger charge is 2.21. The van der Waals surface area contributed by atoms with E-state index in [-0.39, 0.29) is 0 Å². The monoisotopic (exact) mass is 707 g/mol. The Morgan fingerprint density at radius 3 is 0.600 bits per heavy atom. The third-order valence-electron chi connectivity index (χ3n) is 9.29. The molecule has 0 spiro atoms. The zero-order valence-electron chi connectivity index (χ0n) is 29.7. The van der Waals surface area contributed by atoms with Gasteiger partial charge in [-0.3, -0.25) is 29.9 Å². The normalized spacial score (nSPS) is 10.9. The highest BCUT2D eigenvalue weighted by Crippen LogP contribution is 2.44. The molecule has 55 heavy (non-hydrogen) atoms. The number of hydrogen-bond donors (Lipinski definition) is 0. The number of benzene rings is 3. The van der Waals surface area contributed by atoms with E-state index in [0.717, 1.165) is 84.6 Å². The number of anilines is 3. The summed E-state index contributed by atoms with van der Waals surface area (Å²) in [7, 11) is 0. The highest BCUT2D eigenvalue weighted by molar-refractivity contribution is 5.89. The van der Waals surface area contributed by atoms with Crippen LogP contribution in [0.4, 0.5) is 17.1 Å². The molecule has 0 aliphatic rings. The Morgan fingerprint density at radius 2 is 0.436 bits per heavy atom. The first-order chi connectivity index (χ1) is 27.2. The van der Waals surface area contributed by atoms with Crippen LogP contribution in [-0.2, 0) is 0 Å². The third kappa shape index (κ3) is 7.23. The molecule has 0 saturated carbocycles. The average molecular weight is 708 g/mol. The molecular formula is C48H33N7. The van der Waals surface area contributed by atoms with Gasteiger partial charge in [0, 0.05) is 87.6 Å². The largest absolute Gasteiger partial charge is 0.310 e. The van der Waals surface area contributed by atoms with Crippen molar-refractivity contribution in [2.24, 2.45) is 0 Å². The molecule has 0 fully saturated rings. The summed E-state index contributed by atoms with van der Waals surface area (Å²) in [5.74, 6) is 0. The summed E-state index contributed by atoms with van der Waals surface area (Å²) in [6, 6.07) is 55.5. The summed E-state index contributed by atoms with van der Waals surface area (Å²) in [6.07, 6.45) is 10.9. The van der Waals surface area contributed by atoms with Gasteiger partial charge in [0.05, 0.1) is 34.2 Å². The molecule has 9 rings (SSSR count). The van der Waals surface area contributed by atoms with E-state index in [1.165, 1.54) is 0 Å². The molecule has 0 aliphatic carbocycles. The molecule has 0 bridgehead atoms. The van der Waals surface area contributed by atoms with Gasteiger partial charge in [-0.05, 0) is 127 Å². The minimum Gasteiger partial charge on any atom is -0.310 e.